The quantitative estimate of drug-likeness (QED) is 0.307. The van der Waals surface area contributed by atoms with Crippen LogP contribution in [-0.2, 0) is 30.3 Å². The number of esters is 2. The van der Waals surface area contributed by atoms with Gasteiger partial charge in [-0.15, -0.1) is 11.6 Å². The van der Waals surface area contributed by atoms with Crippen LogP contribution in [0.5, 0.6) is 0 Å². The highest BCUT2D eigenvalue weighted by atomic mass is 35.5. The van der Waals surface area contributed by atoms with E-state index < -0.39 is 41.9 Å². The normalized spacial score (nSPS) is 21.3. The zero-order valence-corrected chi connectivity index (χ0v) is 21.5. The highest BCUT2D eigenvalue weighted by Gasteiger charge is 2.50. The molecule has 0 aromatic heterocycles. The van der Waals surface area contributed by atoms with Gasteiger partial charge in [0.05, 0.1) is 17.7 Å². The molecule has 9 heteroatoms. The molecule has 1 amide bonds. The smallest absolute Gasteiger partial charge is 0.338 e. The van der Waals surface area contributed by atoms with Crippen LogP contribution in [0.25, 0.3) is 0 Å². The lowest BCUT2D eigenvalue weighted by atomic mass is 10.1. The van der Waals surface area contributed by atoms with Crippen molar-refractivity contribution in [1.82, 2.24) is 5.32 Å². The maximum Gasteiger partial charge on any atom is 0.338 e. The Labute approximate surface area is 225 Å². The van der Waals surface area contributed by atoms with Gasteiger partial charge in [0.2, 0.25) is 5.91 Å². The maximum absolute atomic E-state index is 13.0. The highest BCUT2D eigenvalue weighted by molar-refractivity contribution is 6.21. The molecule has 1 aliphatic heterocycles. The Morgan fingerprint density at radius 3 is 2.00 bits per heavy atom. The molecule has 1 fully saturated rings. The number of nitrogens with one attached hydrogen (secondary N) is 1. The van der Waals surface area contributed by atoms with Gasteiger partial charge in [0.25, 0.3) is 0 Å². The lowest BCUT2D eigenvalue weighted by Gasteiger charge is -2.28. The predicted octanol–water partition coefficient (Wildman–Crippen LogP) is 4.12. The zero-order valence-electron chi connectivity index (χ0n) is 20.7. The summed E-state index contributed by atoms with van der Waals surface area (Å²) in [5.74, 6) is -1.57. The minimum absolute atomic E-state index is 0.199. The number of carbonyl (C=O) groups is 3. The van der Waals surface area contributed by atoms with Crippen molar-refractivity contribution >= 4 is 29.4 Å². The average Bonchev–Trinajstić information content (AvgIpc) is 3.24. The molecule has 0 unspecified atom stereocenters. The Bertz CT molecular complexity index is 1210. The molecule has 1 aliphatic rings. The molecular weight excluding hydrogens is 510 g/mol. The van der Waals surface area contributed by atoms with Gasteiger partial charge < -0.3 is 24.3 Å². The van der Waals surface area contributed by atoms with Gasteiger partial charge in [0.15, 0.2) is 6.10 Å². The second kappa shape index (κ2) is 13.2. The lowest BCUT2D eigenvalue weighted by molar-refractivity contribution is -0.128. The molecular formula is C29H28ClNO7. The minimum atomic E-state index is -1.09. The van der Waals surface area contributed by atoms with Crippen LogP contribution in [0.3, 0.4) is 0 Å². The number of ether oxygens (including phenoxy) is 4. The van der Waals surface area contributed by atoms with E-state index in [9.17, 15) is 14.4 Å². The highest BCUT2D eigenvalue weighted by Crippen LogP contribution is 2.32. The maximum atomic E-state index is 13.0. The number of benzene rings is 3. The molecule has 0 saturated carbocycles. The molecule has 3 aromatic rings. The Kier molecular flexibility index (Phi) is 9.48. The van der Waals surface area contributed by atoms with Crippen LogP contribution >= 0.6 is 11.6 Å². The summed E-state index contributed by atoms with van der Waals surface area (Å²) < 4.78 is 23.5. The number of hydrogen-bond acceptors (Lipinski definition) is 7. The molecule has 4 rings (SSSR count). The van der Waals surface area contributed by atoms with E-state index in [1.165, 1.54) is 6.92 Å². The van der Waals surface area contributed by atoms with Crippen LogP contribution in [0.4, 0.5) is 0 Å². The molecule has 0 aliphatic carbocycles. The number of carbonyl (C=O) groups excluding carboxylic acids is 3. The molecule has 1 saturated heterocycles. The SMILES string of the molecule is CC(=O)N[C@@H]1O[C@H]([C@@H](COC(=O)c2ccccc2)OC(=O)c2ccccc2)[C@H](OCc2ccccc2)[C@H]1Cl. The van der Waals surface area contributed by atoms with Crippen molar-refractivity contribution in [2.75, 3.05) is 6.61 Å². The summed E-state index contributed by atoms with van der Waals surface area (Å²) in [5, 5.41) is 1.85. The molecule has 1 heterocycles. The van der Waals surface area contributed by atoms with E-state index in [1.807, 2.05) is 30.3 Å². The Balaban J connectivity index is 1.57. The van der Waals surface area contributed by atoms with E-state index in [0.29, 0.717) is 11.1 Å². The van der Waals surface area contributed by atoms with Crippen molar-refractivity contribution < 1.29 is 33.3 Å². The minimum Gasteiger partial charge on any atom is -0.458 e. The number of hydrogen-bond donors (Lipinski definition) is 1. The second-order valence-corrected chi connectivity index (χ2v) is 9.21. The first-order chi connectivity index (χ1) is 18.4. The summed E-state index contributed by atoms with van der Waals surface area (Å²) in [4.78, 5) is 37.5. The molecule has 38 heavy (non-hydrogen) atoms. The average molecular weight is 538 g/mol. The van der Waals surface area contributed by atoms with Gasteiger partial charge in [-0.25, -0.2) is 9.59 Å². The zero-order chi connectivity index (χ0) is 26.9. The summed E-state index contributed by atoms with van der Waals surface area (Å²) in [6.45, 7) is 1.22. The van der Waals surface area contributed by atoms with Gasteiger partial charge >= 0.3 is 11.9 Å². The standard InChI is InChI=1S/C29H28ClNO7/c1-19(32)31-27-24(30)26(35-17-20-11-5-2-6-12-20)25(38-27)23(37-29(34)22-15-9-4-10-16-22)18-36-28(33)21-13-7-3-8-14-21/h2-16,23-27H,17-18H2,1H3,(H,31,32)/t23-,24-,25-,26-,27-/m1/s1. The Hall–Kier alpha value is -3.72. The largest absolute Gasteiger partial charge is 0.458 e. The molecule has 0 radical (unpaired) electrons. The number of rotatable bonds is 10. The summed E-state index contributed by atoms with van der Waals surface area (Å²) in [6.07, 6.45) is -3.76. The third-order valence-electron chi connectivity index (χ3n) is 5.88. The molecule has 8 nitrogen and oxygen atoms in total. The fourth-order valence-corrected chi connectivity index (χ4v) is 4.37. The fraction of sp³-hybridized carbons (Fsp3) is 0.276. The molecule has 0 bridgehead atoms. The fourth-order valence-electron chi connectivity index (χ4n) is 4.03. The third kappa shape index (κ3) is 7.19. The van der Waals surface area contributed by atoms with Gasteiger partial charge in [-0.1, -0.05) is 66.7 Å². The van der Waals surface area contributed by atoms with Gasteiger partial charge in [0, 0.05) is 6.92 Å². The molecule has 3 aromatic carbocycles. The second-order valence-electron chi connectivity index (χ2n) is 8.70. The van der Waals surface area contributed by atoms with Crippen LogP contribution in [0.1, 0.15) is 33.2 Å². The third-order valence-corrected chi connectivity index (χ3v) is 6.36. The van der Waals surface area contributed by atoms with Crippen molar-refractivity contribution in [2.24, 2.45) is 0 Å². The van der Waals surface area contributed by atoms with Crippen molar-refractivity contribution in [3.05, 3.63) is 108 Å². The van der Waals surface area contributed by atoms with E-state index in [1.54, 1.807) is 60.7 Å². The number of alkyl halides is 1. The topological polar surface area (TPSA) is 100 Å². The van der Waals surface area contributed by atoms with Crippen LogP contribution < -0.4 is 5.32 Å². The lowest BCUT2D eigenvalue weighted by Crippen LogP contribution is -2.44. The van der Waals surface area contributed by atoms with Crippen molar-refractivity contribution in [1.29, 1.82) is 0 Å². The molecule has 1 N–H and O–H groups in total. The monoisotopic (exact) mass is 537 g/mol. The number of amides is 1. The van der Waals surface area contributed by atoms with Gasteiger partial charge in [-0.2, -0.15) is 0 Å². The van der Waals surface area contributed by atoms with Crippen LogP contribution in [0.2, 0.25) is 0 Å². The van der Waals surface area contributed by atoms with E-state index >= 15 is 0 Å². The van der Waals surface area contributed by atoms with E-state index in [-0.39, 0.29) is 19.1 Å². The van der Waals surface area contributed by atoms with E-state index in [2.05, 4.69) is 5.32 Å². The summed E-state index contributed by atoms with van der Waals surface area (Å²) >= 11 is 6.69. The van der Waals surface area contributed by atoms with Crippen molar-refractivity contribution in [2.45, 2.75) is 43.4 Å². The van der Waals surface area contributed by atoms with Gasteiger partial charge in [-0.05, 0) is 29.8 Å². The number of halogens is 1. The first kappa shape index (κ1) is 27.3. The summed E-state index contributed by atoms with van der Waals surface area (Å²) in [5.41, 5.74) is 1.55. The summed E-state index contributed by atoms with van der Waals surface area (Å²) in [6, 6.07) is 26.3. The van der Waals surface area contributed by atoms with Crippen molar-refractivity contribution in [3.63, 3.8) is 0 Å². The van der Waals surface area contributed by atoms with Crippen molar-refractivity contribution in [3.8, 4) is 0 Å². The first-order valence-electron chi connectivity index (χ1n) is 12.1. The Morgan fingerprint density at radius 1 is 0.868 bits per heavy atom. The molecule has 0 spiro atoms. The Morgan fingerprint density at radius 2 is 1.42 bits per heavy atom. The molecule has 5 atom stereocenters. The van der Waals surface area contributed by atoms with Gasteiger partial charge in [0.1, 0.15) is 30.4 Å². The predicted molar refractivity (Wildman–Crippen MR) is 140 cm³/mol. The molecule has 198 valence electrons. The summed E-state index contributed by atoms with van der Waals surface area (Å²) in [7, 11) is 0. The van der Waals surface area contributed by atoms with Crippen LogP contribution in [-0.4, -0.2) is 54.4 Å². The van der Waals surface area contributed by atoms with Gasteiger partial charge in [-0.3, -0.25) is 4.79 Å². The first-order valence-corrected chi connectivity index (χ1v) is 12.6. The van der Waals surface area contributed by atoms with E-state index in [4.69, 9.17) is 30.5 Å². The van der Waals surface area contributed by atoms with E-state index in [0.717, 1.165) is 5.56 Å². The van der Waals surface area contributed by atoms with Crippen LogP contribution in [0.15, 0.2) is 91.0 Å². The van der Waals surface area contributed by atoms with Crippen LogP contribution in [0, 0.1) is 0 Å².